The first kappa shape index (κ1) is 30.5. The number of aromatic nitrogens is 3. The highest BCUT2D eigenvalue weighted by molar-refractivity contribution is 7.70. The number of rotatable bonds is 10. The molecule has 0 bridgehead atoms. The molecule has 228 valence electrons. The Morgan fingerprint density at radius 2 is 2.00 bits per heavy atom. The van der Waals surface area contributed by atoms with Crippen molar-refractivity contribution in [3.8, 4) is 28.3 Å². The molecule has 2 aromatic carbocycles. The van der Waals surface area contributed by atoms with Crippen LogP contribution in [0.4, 0.5) is 20.4 Å². The Kier molecular flexibility index (Phi) is 9.33. The summed E-state index contributed by atoms with van der Waals surface area (Å²) >= 11 is 0. The molecule has 0 saturated carbocycles. The molecule has 43 heavy (non-hydrogen) atoms. The molecule has 0 aliphatic carbocycles. The summed E-state index contributed by atoms with van der Waals surface area (Å²) in [5.74, 6) is 1.11. The maximum Gasteiger partial charge on any atom is 0.201 e. The zero-order chi connectivity index (χ0) is 30.7. The smallest absolute Gasteiger partial charge is 0.201 e. The minimum absolute atomic E-state index is 0.00685. The number of thiol groups is 1. The van der Waals surface area contributed by atoms with Gasteiger partial charge in [0.2, 0.25) is 10.9 Å². The maximum absolute atomic E-state index is 15.9. The lowest BCUT2D eigenvalue weighted by Gasteiger charge is -2.35. The number of benzene rings is 2. The topological polar surface area (TPSA) is 133 Å². The van der Waals surface area contributed by atoms with Crippen molar-refractivity contribution in [1.82, 2.24) is 19.7 Å². The number of pyridine rings is 1. The second kappa shape index (κ2) is 13.1. The molecule has 2 aromatic heterocycles. The average Bonchev–Trinajstić information content (AvgIpc) is 2.97. The van der Waals surface area contributed by atoms with Gasteiger partial charge >= 0.3 is 0 Å². The quantitative estimate of drug-likeness (QED) is 0.220. The number of morpholine rings is 1. The van der Waals surface area contributed by atoms with Gasteiger partial charge < -0.3 is 20.1 Å². The standard InChI is InChI=1S/C30H34F2N6O4S/c1-17(2)42-25-14-20(21-5-4-6-22(27(21)32)24(31)9-10-35-43(39)40)13-23-28(25)36-29(19-7-8-26(33)34-15-19)37-30(23)38-11-12-41-16-18(38)3/h4-8,13-15,17-18,24,43H,9-12,16H2,1-3H3,(H2,33,34)(H,35,39,40). The van der Waals surface area contributed by atoms with Crippen molar-refractivity contribution in [3.63, 3.8) is 0 Å². The second-order valence-corrected chi connectivity index (χ2v) is 11.5. The Bertz CT molecular complexity index is 1680. The fourth-order valence-electron chi connectivity index (χ4n) is 5.06. The van der Waals surface area contributed by atoms with E-state index in [0.29, 0.717) is 65.0 Å². The van der Waals surface area contributed by atoms with E-state index in [1.165, 1.54) is 6.07 Å². The second-order valence-electron chi connectivity index (χ2n) is 10.6. The monoisotopic (exact) mass is 612 g/mol. The molecule has 3 heterocycles. The van der Waals surface area contributed by atoms with Gasteiger partial charge in [0.05, 0.1) is 25.4 Å². The van der Waals surface area contributed by atoms with Crippen LogP contribution in [0.2, 0.25) is 0 Å². The van der Waals surface area contributed by atoms with Gasteiger partial charge in [0.15, 0.2) is 5.82 Å². The minimum atomic E-state index is -2.87. The third kappa shape index (κ3) is 6.84. The molecular formula is C30H34F2N6O4S. The van der Waals surface area contributed by atoms with Crippen LogP contribution in [0.3, 0.4) is 0 Å². The SMILES string of the molecule is CC(C)Oc1cc(-c2cccc(C(F)CCN[SH](=O)=O)c2F)cc2c(N3CCOCC3C)nc(-c3ccc(N)nc3)nc12. The van der Waals surface area contributed by atoms with E-state index in [2.05, 4.69) is 14.6 Å². The number of hydrogen-bond donors (Lipinski definition) is 3. The third-order valence-corrected chi connectivity index (χ3v) is 7.59. The lowest BCUT2D eigenvalue weighted by Crippen LogP contribution is -2.44. The van der Waals surface area contributed by atoms with Crippen LogP contribution in [0.5, 0.6) is 5.75 Å². The molecule has 10 nitrogen and oxygen atoms in total. The Labute approximate surface area is 250 Å². The number of nitrogen functional groups attached to an aromatic ring is 1. The Morgan fingerprint density at radius 3 is 2.70 bits per heavy atom. The van der Waals surface area contributed by atoms with Crippen LogP contribution >= 0.6 is 0 Å². The van der Waals surface area contributed by atoms with Crippen LogP contribution in [-0.2, 0) is 15.6 Å². The number of anilines is 2. The first-order chi connectivity index (χ1) is 20.6. The fraction of sp³-hybridized carbons (Fsp3) is 0.367. The van der Waals surface area contributed by atoms with E-state index < -0.39 is 22.9 Å². The molecule has 1 aliphatic heterocycles. The van der Waals surface area contributed by atoms with E-state index in [1.54, 1.807) is 42.6 Å². The van der Waals surface area contributed by atoms with Crippen molar-refractivity contribution in [1.29, 1.82) is 0 Å². The van der Waals surface area contributed by atoms with Crippen LogP contribution in [0.15, 0.2) is 48.7 Å². The lowest BCUT2D eigenvalue weighted by atomic mass is 9.97. The zero-order valence-corrected chi connectivity index (χ0v) is 25.0. The molecule has 3 N–H and O–H groups in total. The molecule has 1 fully saturated rings. The fourth-order valence-corrected chi connectivity index (χ4v) is 5.38. The number of halogens is 2. The minimum Gasteiger partial charge on any atom is -0.489 e. The number of alkyl halides is 1. The van der Waals surface area contributed by atoms with Crippen LogP contribution in [0, 0.1) is 5.82 Å². The first-order valence-corrected chi connectivity index (χ1v) is 15.2. The number of nitrogens with zero attached hydrogens (tertiary/aromatic N) is 4. The summed E-state index contributed by atoms with van der Waals surface area (Å²) < 4.78 is 66.7. The highest BCUT2D eigenvalue weighted by Crippen LogP contribution is 2.40. The van der Waals surface area contributed by atoms with Crippen LogP contribution in [0.25, 0.3) is 33.4 Å². The van der Waals surface area contributed by atoms with Gasteiger partial charge in [-0.1, -0.05) is 18.2 Å². The molecule has 5 rings (SSSR count). The molecule has 2 atom stereocenters. The van der Waals surface area contributed by atoms with Gasteiger partial charge in [-0.2, -0.15) is 0 Å². The molecule has 0 spiro atoms. The molecule has 4 aromatic rings. The normalized spacial score (nSPS) is 16.3. The third-order valence-electron chi connectivity index (χ3n) is 7.11. The number of nitrogens with two attached hydrogens (primary N) is 1. The summed E-state index contributed by atoms with van der Waals surface area (Å²) in [5.41, 5.74) is 7.49. The van der Waals surface area contributed by atoms with Crippen molar-refractivity contribution in [2.45, 2.75) is 45.5 Å². The van der Waals surface area contributed by atoms with Gasteiger partial charge in [-0.15, -0.1) is 0 Å². The number of fused-ring (bicyclic) bond motifs is 1. The molecular weight excluding hydrogens is 578 g/mol. The molecule has 1 aliphatic rings. The molecule has 0 amide bonds. The predicted octanol–water partition coefficient (Wildman–Crippen LogP) is 4.61. The lowest BCUT2D eigenvalue weighted by molar-refractivity contribution is 0.0987. The zero-order valence-electron chi connectivity index (χ0n) is 24.1. The van der Waals surface area contributed by atoms with Gasteiger partial charge in [-0.3, -0.25) is 0 Å². The van der Waals surface area contributed by atoms with E-state index in [9.17, 15) is 8.42 Å². The van der Waals surface area contributed by atoms with Gasteiger partial charge in [0.25, 0.3) is 0 Å². The molecule has 13 heteroatoms. The molecule has 2 unspecified atom stereocenters. The van der Waals surface area contributed by atoms with Crippen LogP contribution in [0.1, 0.15) is 38.9 Å². The summed E-state index contributed by atoms with van der Waals surface area (Å²) in [6, 6.07) is 11.5. The van der Waals surface area contributed by atoms with Crippen LogP contribution in [-0.4, -0.2) is 61.8 Å². The van der Waals surface area contributed by atoms with Crippen molar-refractivity contribution in [2.24, 2.45) is 0 Å². The van der Waals surface area contributed by atoms with E-state index in [4.69, 9.17) is 25.2 Å². The van der Waals surface area contributed by atoms with E-state index >= 15 is 8.78 Å². The first-order valence-electron chi connectivity index (χ1n) is 14.0. The Morgan fingerprint density at radius 1 is 1.19 bits per heavy atom. The summed E-state index contributed by atoms with van der Waals surface area (Å²) in [7, 11) is -2.87. The van der Waals surface area contributed by atoms with Crippen molar-refractivity contribution < 1.29 is 26.7 Å². The number of nitrogens with one attached hydrogen (secondary N) is 1. The molecule has 1 saturated heterocycles. The maximum atomic E-state index is 15.9. The van der Waals surface area contributed by atoms with Crippen LogP contribution < -0.4 is 20.1 Å². The summed E-state index contributed by atoms with van der Waals surface area (Å²) in [6.07, 6.45) is -0.538. The highest BCUT2D eigenvalue weighted by Gasteiger charge is 2.26. The van der Waals surface area contributed by atoms with E-state index in [-0.39, 0.29) is 36.2 Å². The Hall–Kier alpha value is -3.94. The molecule has 0 radical (unpaired) electrons. The van der Waals surface area contributed by atoms with Crippen molar-refractivity contribution in [3.05, 3.63) is 60.0 Å². The van der Waals surface area contributed by atoms with Gasteiger partial charge in [-0.25, -0.2) is 36.9 Å². The van der Waals surface area contributed by atoms with Crippen molar-refractivity contribution in [2.75, 3.05) is 36.9 Å². The van der Waals surface area contributed by atoms with E-state index in [0.717, 1.165) is 0 Å². The number of ether oxygens (including phenoxy) is 2. The average molecular weight is 613 g/mol. The summed E-state index contributed by atoms with van der Waals surface area (Å²) in [6.45, 7) is 7.25. The van der Waals surface area contributed by atoms with Gasteiger partial charge in [0.1, 0.15) is 34.9 Å². The van der Waals surface area contributed by atoms with Gasteiger partial charge in [0, 0.05) is 41.4 Å². The van der Waals surface area contributed by atoms with Gasteiger partial charge in [-0.05, 0) is 57.0 Å². The predicted molar refractivity (Wildman–Crippen MR) is 163 cm³/mol. The number of hydrogen-bond acceptors (Lipinski definition) is 9. The summed E-state index contributed by atoms with van der Waals surface area (Å²) in [4.78, 5) is 16.2. The summed E-state index contributed by atoms with van der Waals surface area (Å²) in [5, 5.41) is 0.638. The largest absolute Gasteiger partial charge is 0.489 e. The highest BCUT2D eigenvalue weighted by atomic mass is 32.2. The Balaban J connectivity index is 1.70. The van der Waals surface area contributed by atoms with Crippen molar-refractivity contribution >= 4 is 33.4 Å². The van der Waals surface area contributed by atoms with E-state index in [1.807, 2.05) is 20.8 Å².